The molecule has 0 saturated carbocycles. The highest BCUT2D eigenvalue weighted by Crippen LogP contribution is 2.35. The number of nitro groups is 1. The normalized spacial score (nSPS) is 18.9. The van der Waals surface area contributed by atoms with E-state index in [0.717, 1.165) is 31.5 Å². The van der Waals surface area contributed by atoms with Crippen molar-refractivity contribution in [2.24, 2.45) is 5.92 Å². The predicted octanol–water partition coefficient (Wildman–Crippen LogP) is 2.70. The van der Waals surface area contributed by atoms with Crippen molar-refractivity contribution in [3.8, 4) is 0 Å². The Morgan fingerprint density at radius 3 is 2.65 bits per heavy atom. The van der Waals surface area contributed by atoms with Gasteiger partial charge in [0.05, 0.1) is 4.92 Å². The molecule has 1 saturated heterocycles. The third kappa shape index (κ3) is 2.64. The summed E-state index contributed by atoms with van der Waals surface area (Å²) in [5.74, 6) is 0.816. The van der Waals surface area contributed by atoms with E-state index in [-0.39, 0.29) is 16.5 Å². The van der Waals surface area contributed by atoms with Gasteiger partial charge in [-0.25, -0.2) is 0 Å². The summed E-state index contributed by atoms with van der Waals surface area (Å²) in [4.78, 5) is 10.7. The van der Waals surface area contributed by atoms with Gasteiger partial charge in [0.2, 0.25) is 0 Å². The van der Waals surface area contributed by atoms with Crippen LogP contribution in [0.2, 0.25) is 0 Å². The van der Waals surface area contributed by atoms with Gasteiger partial charge in [-0.1, -0.05) is 25.1 Å². The summed E-state index contributed by atoms with van der Waals surface area (Å²) < 4.78 is 0. The number of hydrogen-bond acceptors (Lipinski definition) is 3. The first-order valence-electron chi connectivity index (χ1n) is 6.14. The molecule has 0 radical (unpaired) electrons. The molecule has 0 spiro atoms. The predicted molar refractivity (Wildman–Crippen MR) is 67.1 cm³/mol. The van der Waals surface area contributed by atoms with Crippen molar-refractivity contribution in [1.29, 1.82) is 0 Å². The second-order valence-corrected chi connectivity index (χ2v) is 4.69. The largest absolute Gasteiger partial charge is 0.317 e. The van der Waals surface area contributed by atoms with Gasteiger partial charge < -0.3 is 5.32 Å². The fourth-order valence-corrected chi connectivity index (χ4v) is 2.64. The zero-order chi connectivity index (χ0) is 12.3. The number of nitro benzene ring substituents is 1. The van der Waals surface area contributed by atoms with Crippen LogP contribution in [0.1, 0.15) is 31.2 Å². The summed E-state index contributed by atoms with van der Waals surface area (Å²) in [6, 6.07) is 7.12. The van der Waals surface area contributed by atoms with E-state index >= 15 is 0 Å². The van der Waals surface area contributed by atoms with Gasteiger partial charge in [0, 0.05) is 11.6 Å². The van der Waals surface area contributed by atoms with Crippen molar-refractivity contribution in [3.63, 3.8) is 0 Å². The van der Waals surface area contributed by atoms with E-state index in [0.29, 0.717) is 5.92 Å². The molecule has 1 aliphatic heterocycles. The molecule has 0 aliphatic carbocycles. The number of piperidine rings is 1. The number of nitrogens with one attached hydrogen (secondary N) is 1. The van der Waals surface area contributed by atoms with Gasteiger partial charge in [0.25, 0.3) is 5.69 Å². The molecule has 92 valence electrons. The lowest BCUT2D eigenvalue weighted by Gasteiger charge is -2.28. The van der Waals surface area contributed by atoms with Crippen LogP contribution in [0.15, 0.2) is 24.3 Å². The molecule has 1 N–H and O–H groups in total. The Balaban J connectivity index is 2.23. The Morgan fingerprint density at radius 2 is 2.00 bits per heavy atom. The summed E-state index contributed by atoms with van der Waals surface area (Å²) in [5, 5.41) is 14.3. The lowest BCUT2D eigenvalue weighted by molar-refractivity contribution is -0.385. The molecule has 0 bridgehead atoms. The number of nitrogens with zero attached hydrogens (tertiary/aromatic N) is 1. The van der Waals surface area contributed by atoms with Crippen molar-refractivity contribution in [3.05, 3.63) is 39.9 Å². The van der Waals surface area contributed by atoms with Crippen LogP contribution in [0, 0.1) is 16.0 Å². The summed E-state index contributed by atoms with van der Waals surface area (Å²) in [7, 11) is 0. The average Bonchev–Trinajstić information content (AvgIpc) is 2.39. The van der Waals surface area contributed by atoms with Gasteiger partial charge in [-0.3, -0.25) is 10.1 Å². The summed E-state index contributed by atoms with van der Waals surface area (Å²) in [5.41, 5.74) is 1.14. The molecule has 1 fully saturated rings. The molecular weight excluding hydrogens is 216 g/mol. The molecular formula is C13H18N2O2. The Hall–Kier alpha value is -1.42. The van der Waals surface area contributed by atoms with Crippen molar-refractivity contribution < 1.29 is 4.92 Å². The molecule has 4 nitrogen and oxygen atoms in total. The number of hydrogen-bond donors (Lipinski definition) is 1. The van der Waals surface area contributed by atoms with Crippen molar-refractivity contribution in [2.45, 2.75) is 25.7 Å². The highest BCUT2D eigenvalue weighted by molar-refractivity contribution is 5.42. The fraction of sp³-hybridized carbons (Fsp3) is 0.538. The lowest BCUT2D eigenvalue weighted by atomic mass is 9.81. The molecule has 1 unspecified atom stereocenters. The SMILES string of the molecule is CC(c1ccccc1[N+](=O)[O-])C1CCNCC1. The molecule has 4 heteroatoms. The van der Waals surface area contributed by atoms with Gasteiger partial charge in [0.15, 0.2) is 0 Å². The van der Waals surface area contributed by atoms with Gasteiger partial charge in [-0.2, -0.15) is 0 Å². The van der Waals surface area contributed by atoms with Gasteiger partial charge in [0.1, 0.15) is 0 Å². The van der Waals surface area contributed by atoms with E-state index in [4.69, 9.17) is 0 Å². The lowest BCUT2D eigenvalue weighted by Crippen LogP contribution is -2.30. The Kier molecular flexibility index (Phi) is 3.74. The fourth-order valence-electron chi connectivity index (χ4n) is 2.64. The smallest absolute Gasteiger partial charge is 0.272 e. The molecule has 1 heterocycles. The molecule has 2 rings (SSSR count). The zero-order valence-corrected chi connectivity index (χ0v) is 10.1. The number of rotatable bonds is 3. The Bertz CT molecular complexity index is 400. The second kappa shape index (κ2) is 5.27. The van der Waals surface area contributed by atoms with E-state index < -0.39 is 0 Å². The number of para-hydroxylation sites is 1. The van der Waals surface area contributed by atoms with Crippen molar-refractivity contribution >= 4 is 5.69 Å². The van der Waals surface area contributed by atoms with Crippen LogP contribution in [0.5, 0.6) is 0 Å². The van der Waals surface area contributed by atoms with Crippen molar-refractivity contribution in [1.82, 2.24) is 5.32 Å². The minimum absolute atomic E-state index is 0.263. The standard InChI is InChI=1S/C13H18N2O2/c1-10(11-6-8-14-9-7-11)12-4-2-3-5-13(12)15(16)17/h2-5,10-11,14H,6-9H2,1H3. The van der Waals surface area contributed by atoms with Gasteiger partial charge >= 0.3 is 0 Å². The first-order chi connectivity index (χ1) is 8.20. The quantitative estimate of drug-likeness (QED) is 0.646. The van der Waals surface area contributed by atoms with E-state index in [9.17, 15) is 10.1 Å². The molecule has 1 aromatic rings. The molecule has 17 heavy (non-hydrogen) atoms. The monoisotopic (exact) mass is 234 g/mol. The maximum atomic E-state index is 11.0. The van der Waals surface area contributed by atoms with Crippen LogP contribution >= 0.6 is 0 Å². The summed E-state index contributed by atoms with van der Waals surface area (Å²) in [6.45, 7) is 4.16. The first kappa shape index (κ1) is 12.0. The minimum atomic E-state index is -0.271. The molecule has 1 atom stereocenters. The van der Waals surface area contributed by atoms with Crippen LogP contribution in [-0.4, -0.2) is 18.0 Å². The zero-order valence-electron chi connectivity index (χ0n) is 10.1. The van der Waals surface area contributed by atoms with Crippen LogP contribution < -0.4 is 5.32 Å². The van der Waals surface area contributed by atoms with Crippen molar-refractivity contribution in [2.75, 3.05) is 13.1 Å². The third-order valence-corrected chi connectivity index (χ3v) is 3.71. The maximum Gasteiger partial charge on any atom is 0.272 e. The molecule has 1 aromatic carbocycles. The average molecular weight is 234 g/mol. The summed E-state index contributed by atoms with van der Waals surface area (Å²) >= 11 is 0. The number of benzene rings is 1. The maximum absolute atomic E-state index is 11.0. The molecule has 1 aliphatic rings. The molecule has 0 amide bonds. The Labute approximate surface area is 101 Å². The second-order valence-electron chi connectivity index (χ2n) is 4.69. The third-order valence-electron chi connectivity index (χ3n) is 3.71. The molecule has 0 aromatic heterocycles. The van der Waals surface area contributed by atoms with E-state index in [1.165, 1.54) is 0 Å². The van der Waals surface area contributed by atoms with Gasteiger partial charge in [-0.05, 0) is 37.8 Å². The van der Waals surface area contributed by atoms with E-state index in [1.807, 2.05) is 12.1 Å². The minimum Gasteiger partial charge on any atom is -0.317 e. The highest BCUT2D eigenvalue weighted by Gasteiger charge is 2.26. The highest BCUT2D eigenvalue weighted by atomic mass is 16.6. The first-order valence-corrected chi connectivity index (χ1v) is 6.14. The van der Waals surface area contributed by atoms with Gasteiger partial charge in [-0.15, -0.1) is 0 Å². The summed E-state index contributed by atoms with van der Waals surface area (Å²) in [6.07, 6.45) is 2.21. The van der Waals surface area contributed by atoms with Crippen LogP contribution in [0.25, 0.3) is 0 Å². The topological polar surface area (TPSA) is 55.2 Å². The van der Waals surface area contributed by atoms with E-state index in [2.05, 4.69) is 12.2 Å². The van der Waals surface area contributed by atoms with Crippen LogP contribution in [0.3, 0.4) is 0 Å². The van der Waals surface area contributed by atoms with Crippen LogP contribution in [-0.2, 0) is 0 Å². The van der Waals surface area contributed by atoms with E-state index in [1.54, 1.807) is 12.1 Å². The Morgan fingerprint density at radius 1 is 1.35 bits per heavy atom. The van der Waals surface area contributed by atoms with Crippen LogP contribution in [0.4, 0.5) is 5.69 Å².